The maximum atomic E-state index is 12.9. The SMILES string of the molecule is Cc1noc(N(Cc2ccccc2)C(=O)C2CCCCC2)n1. The van der Waals surface area contributed by atoms with Crippen molar-refractivity contribution < 1.29 is 9.32 Å². The van der Waals surface area contributed by atoms with Crippen LogP contribution in [0.3, 0.4) is 0 Å². The molecule has 0 bridgehead atoms. The molecule has 3 rings (SSSR count). The molecule has 116 valence electrons. The zero-order chi connectivity index (χ0) is 15.4. The fourth-order valence-corrected chi connectivity index (χ4v) is 2.97. The molecule has 5 heteroatoms. The Morgan fingerprint density at radius 3 is 2.59 bits per heavy atom. The highest BCUT2D eigenvalue weighted by atomic mass is 16.5. The van der Waals surface area contributed by atoms with E-state index in [1.807, 2.05) is 30.3 Å². The van der Waals surface area contributed by atoms with Crippen molar-refractivity contribution in [1.82, 2.24) is 10.1 Å². The molecule has 0 N–H and O–H groups in total. The van der Waals surface area contributed by atoms with E-state index in [1.54, 1.807) is 11.8 Å². The summed E-state index contributed by atoms with van der Waals surface area (Å²) in [4.78, 5) is 18.8. The van der Waals surface area contributed by atoms with Gasteiger partial charge in [0.15, 0.2) is 5.82 Å². The third-order valence-corrected chi connectivity index (χ3v) is 4.15. The van der Waals surface area contributed by atoms with Crippen molar-refractivity contribution in [1.29, 1.82) is 0 Å². The van der Waals surface area contributed by atoms with Gasteiger partial charge in [-0.1, -0.05) is 54.8 Å². The summed E-state index contributed by atoms with van der Waals surface area (Å²) in [7, 11) is 0. The second-order valence-corrected chi connectivity index (χ2v) is 5.87. The average molecular weight is 299 g/mol. The number of benzene rings is 1. The van der Waals surface area contributed by atoms with E-state index in [9.17, 15) is 4.79 Å². The number of hydrogen-bond donors (Lipinski definition) is 0. The van der Waals surface area contributed by atoms with Crippen LogP contribution in [0.25, 0.3) is 0 Å². The lowest BCUT2D eigenvalue weighted by Gasteiger charge is -2.26. The molecule has 0 atom stereocenters. The molecule has 5 nitrogen and oxygen atoms in total. The van der Waals surface area contributed by atoms with Gasteiger partial charge in [-0.3, -0.25) is 9.69 Å². The normalized spacial score (nSPS) is 15.7. The number of rotatable bonds is 4. The van der Waals surface area contributed by atoms with Gasteiger partial charge in [0.2, 0.25) is 5.91 Å². The van der Waals surface area contributed by atoms with Gasteiger partial charge < -0.3 is 4.52 Å². The third-order valence-electron chi connectivity index (χ3n) is 4.15. The van der Waals surface area contributed by atoms with E-state index < -0.39 is 0 Å². The summed E-state index contributed by atoms with van der Waals surface area (Å²) in [6, 6.07) is 10.2. The van der Waals surface area contributed by atoms with Gasteiger partial charge in [0.05, 0.1) is 6.54 Å². The van der Waals surface area contributed by atoms with Crippen molar-refractivity contribution in [3.63, 3.8) is 0 Å². The molecule has 0 saturated heterocycles. The Kier molecular flexibility index (Phi) is 4.51. The Morgan fingerprint density at radius 1 is 1.23 bits per heavy atom. The first kappa shape index (κ1) is 14.8. The maximum absolute atomic E-state index is 12.9. The van der Waals surface area contributed by atoms with Crippen molar-refractivity contribution in [2.75, 3.05) is 4.90 Å². The summed E-state index contributed by atoms with van der Waals surface area (Å²) >= 11 is 0. The standard InChI is InChI=1S/C17H21N3O2/c1-13-18-17(22-19-13)20(12-14-8-4-2-5-9-14)16(21)15-10-6-3-7-11-15/h2,4-5,8-9,15H,3,6-7,10-12H2,1H3. The number of amides is 1. The van der Waals surface area contributed by atoms with Crippen molar-refractivity contribution in [3.8, 4) is 0 Å². The molecule has 2 aromatic rings. The number of hydrogen-bond acceptors (Lipinski definition) is 4. The highest BCUT2D eigenvalue weighted by Crippen LogP contribution is 2.28. The average Bonchev–Trinajstić information content (AvgIpc) is 3.00. The Morgan fingerprint density at radius 2 is 1.95 bits per heavy atom. The van der Waals surface area contributed by atoms with Gasteiger partial charge >= 0.3 is 6.01 Å². The van der Waals surface area contributed by atoms with Crippen LogP contribution in [0.15, 0.2) is 34.9 Å². The van der Waals surface area contributed by atoms with Gasteiger partial charge in [0.25, 0.3) is 0 Å². The van der Waals surface area contributed by atoms with Crippen LogP contribution in [0, 0.1) is 12.8 Å². The monoisotopic (exact) mass is 299 g/mol. The summed E-state index contributed by atoms with van der Waals surface area (Å²) < 4.78 is 5.25. The maximum Gasteiger partial charge on any atom is 0.331 e. The molecule has 1 aliphatic rings. The largest absolute Gasteiger partial charge is 0.331 e. The van der Waals surface area contributed by atoms with Crippen LogP contribution in [0.1, 0.15) is 43.5 Å². The summed E-state index contributed by atoms with van der Waals surface area (Å²) in [5, 5.41) is 3.83. The zero-order valence-electron chi connectivity index (χ0n) is 12.9. The Balaban J connectivity index is 1.83. The van der Waals surface area contributed by atoms with Gasteiger partial charge in [-0.05, 0) is 25.3 Å². The fourth-order valence-electron chi connectivity index (χ4n) is 2.97. The van der Waals surface area contributed by atoms with Crippen LogP contribution in [-0.2, 0) is 11.3 Å². The molecule has 0 unspecified atom stereocenters. The first-order valence-electron chi connectivity index (χ1n) is 7.89. The van der Waals surface area contributed by atoms with E-state index in [0.29, 0.717) is 18.4 Å². The summed E-state index contributed by atoms with van der Waals surface area (Å²) in [6.07, 6.45) is 5.38. The Labute approximate surface area is 130 Å². The van der Waals surface area contributed by atoms with E-state index in [1.165, 1.54) is 6.42 Å². The summed E-state index contributed by atoms with van der Waals surface area (Å²) in [5.41, 5.74) is 1.06. The number of carbonyl (C=O) groups excluding carboxylic acids is 1. The van der Waals surface area contributed by atoms with E-state index in [-0.39, 0.29) is 11.8 Å². The summed E-state index contributed by atoms with van der Waals surface area (Å²) in [6.45, 7) is 2.23. The Bertz CT molecular complexity index is 618. The van der Waals surface area contributed by atoms with Crippen LogP contribution < -0.4 is 4.90 Å². The molecular weight excluding hydrogens is 278 g/mol. The van der Waals surface area contributed by atoms with Crippen LogP contribution in [0.5, 0.6) is 0 Å². The highest BCUT2D eigenvalue weighted by molar-refractivity contribution is 5.93. The number of nitrogens with zero attached hydrogens (tertiary/aromatic N) is 3. The molecule has 1 heterocycles. The molecule has 1 aromatic carbocycles. The fraction of sp³-hybridized carbons (Fsp3) is 0.471. The van der Waals surface area contributed by atoms with Crippen molar-refractivity contribution >= 4 is 11.9 Å². The minimum atomic E-state index is 0.0738. The van der Waals surface area contributed by atoms with Gasteiger partial charge in [0.1, 0.15) is 0 Å². The van der Waals surface area contributed by atoms with Crippen molar-refractivity contribution in [3.05, 3.63) is 41.7 Å². The number of anilines is 1. The highest BCUT2D eigenvalue weighted by Gasteiger charge is 2.29. The van der Waals surface area contributed by atoms with E-state index in [2.05, 4.69) is 10.1 Å². The minimum Gasteiger partial charge on any atom is -0.315 e. The molecule has 0 radical (unpaired) electrons. The molecule has 1 aliphatic carbocycles. The van der Waals surface area contributed by atoms with Crippen molar-refractivity contribution in [2.45, 2.75) is 45.6 Å². The van der Waals surface area contributed by atoms with Gasteiger partial charge in [-0.25, -0.2) is 0 Å². The van der Waals surface area contributed by atoms with Crippen LogP contribution in [-0.4, -0.2) is 16.0 Å². The van der Waals surface area contributed by atoms with Gasteiger partial charge in [0, 0.05) is 5.92 Å². The third kappa shape index (κ3) is 3.35. The molecule has 22 heavy (non-hydrogen) atoms. The van der Waals surface area contributed by atoms with Crippen molar-refractivity contribution in [2.24, 2.45) is 5.92 Å². The van der Waals surface area contributed by atoms with Crippen LogP contribution in [0.4, 0.5) is 6.01 Å². The molecule has 0 spiro atoms. The first-order valence-corrected chi connectivity index (χ1v) is 7.89. The lowest BCUT2D eigenvalue weighted by Crippen LogP contribution is -2.37. The number of carbonyl (C=O) groups is 1. The molecule has 0 aliphatic heterocycles. The number of aromatic nitrogens is 2. The van der Waals surface area contributed by atoms with Gasteiger partial charge in [-0.15, -0.1) is 0 Å². The predicted octanol–water partition coefficient (Wildman–Crippen LogP) is 3.49. The minimum absolute atomic E-state index is 0.0738. The lowest BCUT2D eigenvalue weighted by molar-refractivity contribution is -0.123. The lowest BCUT2D eigenvalue weighted by atomic mass is 9.88. The molecule has 1 fully saturated rings. The van der Waals surface area contributed by atoms with Crippen LogP contribution >= 0.6 is 0 Å². The molecule has 1 amide bonds. The molecule has 1 aromatic heterocycles. The van der Waals surface area contributed by atoms with Gasteiger partial charge in [-0.2, -0.15) is 4.98 Å². The second kappa shape index (κ2) is 6.73. The van der Waals surface area contributed by atoms with E-state index in [0.717, 1.165) is 31.2 Å². The van der Waals surface area contributed by atoms with E-state index >= 15 is 0 Å². The second-order valence-electron chi connectivity index (χ2n) is 5.87. The smallest absolute Gasteiger partial charge is 0.315 e. The molecule has 1 saturated carbocycles. The zero-order valence-corrected chi connectivity index (χ0v) is 12.9. The topological polar surface area (TPSA) is 59.2 Å². The quantitative estimate of drug-likeness (QED) is 0.867. The number of aryl methyl sites for hydroxylation is 1. The Hall–Kier alpha value is -2.17. The first-order chi connectivity index (χ1) is 10.7. The van der Waals surface area contributed by atoms with E-state index in [4.69, 9.17) is 4.52 Å². The predicted molar refractivity (Wildman–Crippen MR) is 83.2 cm³/mol. The summed E-state index contributed by atoms with van der Waals surface area (Å²) in [5.74, 6) is 0.723. The molecular formula is C17H21N3O2. The van der Waals surface area contributed by atoms with Crippen LogP contribution in [0.2, 0.25) is 0 Å².